The normalized spacial score (nSPS) is 24.4. The molecule has 2 saturated heterocycles. The van der Waals surface area contributed by atoms with Crippen molar-refractivity contribution < 1.29 is 13.6 Å². The van der Waals surface area contributed by atoms with Gasteiger partial charge in [-0.05, 0) is 25.1 Å². The molecular formula is C17H20F2N6O. The van der Waals surface area contributed by atoms with Gasteiger partial charge >= 0.3 is 0 Å². The zero-order valence-corrected chi connectivity index (χ0v) is 14.5. The van der Waals surface area contributed by atoms with E-state index in [-0.39, 0.29) is 19.4 Å². The van der Waals surface area contributed by atoms with Crippen molar-refractivity contribution in [2.75, 3.05) is 31.6 Å². The van der Waals surface area contributed by atoms with E-state index >= 15 is 0 Å². The van der Waals surface area contributed by atoms with Crippen LogP contribution in [0.25, 0.3) is 6.08 Å². The topological polar surface area (TPSA) is 85.2 Å². The average Bonchev–Trinajstić information content (AvgIpc) is 2.65. The van der Waals surface area contributed by atoms with Crippen LogP contribution >= 0.6 is 0 Å². The second-order valence-electron chi connectivity index (χ2n) is 6.50. The molecule has 3 heterocycles. The number of hydrogen-bond donors (Lipinski definition) is 1. The standard InChI is InChI=1S/C17H20F2N6O/c1-21-7-4-13-9-22-12-23-15(13)24-8-2-5-16(10-24)17(18,19)11-25(16)14(26)3-6-20/h4,7,9,12,21H,2-3,5,8,10-11H2,1H3/b7-4-. The van der Waals surface area contributed by atoms with E-state index in [1.807, 2.05) is 0 Å². The van der Waals surface area contributed by atoms with Crippen molar-refractivity contribution in [1.82, 2.24) is 20.2 Å². The Morgan fingerprint density at radius 3 is 3.00 bits per heavy atom. The molecule has 1 aromatic rings. The van der Waals surface area contributed by atoms with Crippen molar-refractivity contribution >= 4 is 17.8 Å². The summed E-state index contributed by atoms with van der Waals surface area (Å²) in [5.41, 5.74) is -0.870. The summed E-state index contributed by atoms with van der Waals surface area (Å²) in [5, 5.41) is 11.6. The van der Waals surface area contributed by atoms with Gasteiger partial charge < -0.3 is 15.1 Å². The summed E-state index contributed by atoms with van der Waals surface area (Å²) in [5.74, 6) is -2.97. The molecule has 2 aliphatic heterocycles. The summed E-state index contributed by atoms with van der Waals surface area (Å²) >= 11 is 0. The molecule has 1 atom stereocenters. The Balaban J connectivity index is 1.91. The van der Waals surface area contributed by atoms with Gasteiger partial charge in [-0.2, -0.15) is 5.26 Å². The molecule has 1 unspecified atom stereocenters. The summed E-state index contributed by atoms with van der Waals surface area (Å²) in [6.07, 6.45) is 6.81. The van der Waals surface area contributed by atoms with Gasteiger partial charge in [0.2, 0.25) is 5.91 Å². The number of nitrogens with one attached hydrogen (secondary N) is 1. The number of likely N-dealkylation sites (tertiary alicyclic amines) is 1. The predicted octanol–water partition coefficient (Wildman–Crippen LogP) is 1.40. The Kier molecular flexibility index (Phi) is 4.76. The molecule has 1 spiro atoms. The number of aromatic nitrogens is 2. The van der Waals surface area contributed by atoms with Crippen LogP contribution in [0.5, 0.6) is 0 Å². The Hall–Kier alpha value is -2.76. The monoisotopic (exact) mass is 362 g/mol. The fourth-order valence-corrected chi connectivity index (χ4v) is 3.72. The van der Waals surface area contributed by atoms with E-state index in [2.05, 4.69) is 15.3 Å². The van der Waals surface area contributed by atoms with Gasteiger partial charge in [-0.1, -0.05) is 0 Å². The summed E-state index contributed by atoms with van der Waals surface area (Å²) in [6, 6.07) is 1.75. The van der Waals surface area contributed by atoms with Gasteiger partial charge in [0, 0.05) is 31.9 Å². The lowest BCUT2D eigenvalue weighted by molar-refractivity contribution is -0.243. The first kappa shape index (κ1) is 18.0. The van der Waals surface area contributed by atoms with Gasteiger partial charge in [-0.3, -0.25) is 4.79 Å². The summed E-state index contributed by atoms with van der Waals surface area (Å²) < 4.78 is 29.1. The molecule has 0 saturated carbocycles. The van der Waals surface area contributed by atoms with Gasteiger partial charge in [-0.15, -0.1) is 0 Å². The first-order chi connectivity index (χ1) is 12.4. The van der Waals surface area contributed by atoms with Crippen LogP contribution < -0.4 is 10.2 Å². The van der Waals surface area contributed by atoms with Crippen LogP contribution in [0.3, 0.4) is 0 Å². The maximum atomic E-state index is 14.6. The molecule has 138 valence electrons. The average molecular weight is 362 g/mol. The summed E-state index contributed by atoms with van der Waals surface area (Å²) in [7, 11) is 1.75. The second kappa shape index (κ2) is 6.86. The number of halogens is 2. The molecule has 9 heteroatoms. The molecule has 26 heavy (non-hydrogen) atoms. The molecule has 3 rings (SSSR count). The van der Waals surface area contributed by atoms with E-state index in [9.17, 15) is 13.6 Å². The number of carbonyl (C=O) groups is 1. The van der Waals surface area contributed by atoms with E-state index in [0.29, 0.717) is 24.3 Å². The van der Waals surface area contributed by atoms with Crippen LogP contribution in [0.4, 0.5) is 14.6 Å². The van der Waals surface area contributed by atoms with Crippen LogP contribution in [0.2, 0.25) is 0 Å². The van der Waals surface area contributed by atoms with Gasteiger partial charge in [0.05, 0.1) is 12.6 Å². The van der Waals surface area contributed by atoms with Crippen molar-refractivity contribution in [1.29, 1.82) is 5.26 Å². The predicted molar refractivity (Wildman–Crippen MR) is 91.2 cm³/mol. The van der Waals surface area contributed by atoms with Crippen LogP contribution in [0, 0.1) is 11.3 Å². The largest absolute Gasteiger partial charge is 0.394 e. The first-order valence-electron chi connectivity index (χ1n) is 8.39. The summed E-state index contributed by atoms with van der Waals surface area (Å²) in [4.78, 5) is 23.4. The molecular weight excluding hydrogens is 342 g/mol. The van der Waals surface area contributed by atoms with E-state index < -0.39 is 23.9 Å². The van der Waals surface area contributed by atoms with E-state index in [1.54, 1.807) is 36.5 Å². The minimum Gasteiger partial charge on any atom is -0.394 e. The van der Waals surface area contributed by atoms with Crippen LogP contribution in [-0.2, 0) is 4.79 Å². The zero-order valence-electron chi connectivity index (χ0n) is 14.5. The quantitative estimate of drug-likeness (QED) is 0.871. The minimum atomic E-state index is -2.98. The van der Waals surface area contributed by atoms with Gasteiger partial charge in [0.15, 0.2) is 0 Å². The molecule has 0 aliphatic carbocycles. The van der Waals surface area contributed by atoms with Crippen molar-refractivity contribution in [2.24, 2.45) is 0 Å². The fraction of sp³-hybridized carbons (Fsp3) is 0.529. The minimum absolute atomic E-state index is 0.0193. The number of rotatable bonds is 4. The van der Waals surface area contributed by atoms with Crippen LogP contribution in [0.15, 0.2) is 18.7 Å². The van der Waals surface area contributed by atoms with Gasteiger partial charge in [0.25, 0.3) is 5.92 Å². The molecule has 0 radical (unpaired) electrons. The van der Waals surface area contributed by atoms with Crippen molar-refractivity contribution in [2.45, 2.75) is 30.7 Å². The lowest BCUT2D eigenvalue weighted by atomic mass is 9.74. The number of amides is 1. The third-order valence-electron chi connectivity index (χ3n) is 5.00. The zero-order chi connectivity index (χ0) is 18.8. The lowest BCUT2D eigenvalue weighted by Gasteiger charge is -2.61. The molecule has 0 bridgehead atoms. The van der Waals surface area contributed by atoms with Crippen molar-refractivity contribution in [3.8, 4) is 6.07 Å². The van der Waals surface area contributed by atoms with Crippen molar-refractivity contribution in [3.05, 3.63) is 24.3 Å². The van der Waals surface area contributed by atoms with E-state index in [0.717, 1.165) is 0 Å². The Labute approximate surface area is 150 Å². The Morgan fingerprint density at radius 2 is 2.31 bits per heavy atom. The molecule has 0 aromatic carbocycles. The number of anilines is 1. The van der Waals surface area contributed by atoms with Gasteiger partial charge in [-0.25, -0.2) is 18.7 Å². The number of piperidine rings is 1. The molecule has 7 nitrogen and oxygen atoms in total. The smallest absolute Gasteiger partial charge is 0.289 e. The SMILES string of the molecule is CN/C=C\c1cncnc1N1CCCC2(C1)N(C(=O)CC#N)CC2(F)F. The van der Waals surface area contributed by atoms with Crippen LogP contribution in [0.1, 0.15) is 24.8 Å². The van der Waals surface area contributed by atoms with Crippen LogP contribution in [-0.4, -0.2) is 58.9 Å². The third-order valence-corrected chi connectivity index (χ3v) is 5.00. The number of alkyl halides is 2. The number of nitriles is 1. The molecule has 2 fully saturated rings. The molecule has 2 aliphatic rings. The third kappa shape index (κ3) is 2.85. The highest BCUT2D eigenvalue weighted by atomic mass is 19.3. The Bertz CT molecular complexity index is 762. The molecule has 1 aromatic heterocycles. The maximum absolute atomic E-state index is 14.6. The van der Waals surface area contributed by atoms with E-state index in [1.165, 1.54) is 11.2 Å². The highest BCUT2D eigenvalue weighted by molar-refractivity contribution is 5.81. The summed E-state index contributed by atoms with van der Waals surface area (Å²) in [6.45, 7) is -0.0816. The van der Waals surface area contributed by atoms with Crippen molar-refractivity contribution in [3.63, 3.8) is 0 Å². The highest BCUT2D eigenvalue weighted by Crippen LogP contribution is 2.50. The molecule has 1 amide bonds. The lowest BCUT2D eigenvalue weighted by Crippen LogP contribution is -2.80. The second-order valence-corrected chi connectivity index (χ2v) is 6.50. The maximum Gasteiger partial charge on any atom is 0.289 e. The number of nitrogens with zero attached hydrogens (tertiary/aromatic N) is 5. The number of carbonyl (C=O) groups excluding carboxylic acids is 1. The first-order valence-corrected chi connectivity index (χ1v) is 8.39. The van der Waals surface area contributed by atoms with E-state index in [4.69, 9.17) is 5.26 Å². The highest BCUT2D eigenvalue weighted by Gasteiger charge is 2.69. The molecule has 1 N–H and O–H groups in total. The fourth-order valence-electron chi connectivity index (χ4n) is 3.72. The Morgan fingerprint density at radius 1 is 1.50 bits per heavy atom. The van der Waals surface area contributed by atoms with Gasteiger partial charge in [0.1, 0.15) is 24.1 Å². The number of hydrogen-bond acceptors (Lipinski definition) is 6.